The summed E-state index contributed by atoms with van der Waals surface area (Å²) in [6.07, 6.45) is 0. The predicted molar refractivity (Wildman–Crippen MR) is 50.3 cm³/mol. The maximum atomic E-state index is 5.24. The van der Waals surface area contributed by atoms with E-state index in [-0.39, 0.29) is 0 Å². The van der Waals surface area contributed by atoms with Gasteiger partial charge in [0.25, 0.3) is 0 Å². The summed E-state index contributed by atoms with van der Waals surface area (Å²) in [5, 5.41) is 1.20. The molecule has 1 nitrogen and oxygen atoms in total. The number of benzene rings is 1. The van der Waals surface area contributed by atoms with Gasteiger partial charge in [-0.25, -0.2) is 0 Å². The molecule has 48 valence electrons. The zero-order chi connectivity index (χ0) is 6.97. The Morgan fingerprint density at radius 2 is 2.10 bits per heavy atom. The summed E-state index contributed by atoms with van der Waals surface area (Å²) in [5.74, 6) is 0. The van der Waals surface area contributed by atoms with E-state index in [9.17, 15) is 0 Å². The van der Waals surface area contributed by atoms with Gasteiger partial charge in [0.15, 0.2) is 0 Å². The van der Waals surface area contributed by atoms with E-state index in [1.54, 1.807) is 7.13 Å². The van der Waals surface area contributed by atoms with Crippen molar-refractivity contribution >= 4 is 40.7 Å². The monoisotopic (exact) mass is 242 g/mol. The molecule has 0 atom stereocenters. The zero-order valence-electron chi connectivity index (χ0n) is 5.17. The van der Waals surface area contributed by atoms with Crippen LogP contribution < -0.4 is 0 Å². The molecule has 0 radical (unpaired) electrons. The van der Waals surface area contributed by atoms with Crippen LogP contribution in [0.1, 0.15) is 0 Å². The number of para-hydroxylation sites is 1. The van der Waals surface area contributed by atoms with Crippen molar-refractivity contribution in [3.05, 3.63) is 27.7 Å². The van der Waals surface area contributed by atoms with Crippen LogP contribution in [-0.4, -0.2) is 7.13 Å². The number of fused-ring (bicyclic) bond motifs is 1. The average Bonchev–Trinajstić information content (AvgIpc) is 2.34. The Morgan fingerprint density at radius 1 is 1.30 bits per heavy atom. The van der Waals surface area contributed by atoms with E-state index in [0.717, 1.165) is 5.58 Å². The maximum absolute atomic E-state index is 5.24. The third-order valence-corrected chi connectivity index (χ3v) is 2.27. The number of hydrogen-bond donors (Lipinski definition) is 0. The van der Waals surface area contributed by atoms with E-state index >= 15 is 0 Å². The van der Waals surface area contributed by atoms with Gasteiger partial charge in [-0.15, -0.1) is 0 Å². The Labute approximate surface area is 72.8 Å². The van der Waals surface area contributed by atoms with Gasteiger partial charge in [0, 0.05) is 0 Å². The van der Waals surface area contributed by atoms with Crippen molar-refractivity contribution in [1.29, 1.82) is 0 Å². The normalized spacial score (nSPS) is 10.1. The molecule has 0 bridgehead atoms. The van der Waals surface area contributed by atoms with Crippen molar-refractivity contribution in [3.8, 4) is 0 Å². The van der Waals surface area contributed by atoms with E-state index in [1.165, 1.54) is 8.85 Å². The molecular formula is C7H4BIO. The van der Waals surface area contributed by atoms with E-state index < -0.39 is 0 Å². The Balaban J connectivity index is 2.93. The Kier molecular flexibility index (Phi) is 1.52. The first kappa shape index (κ1) is 6.40. The Hall–Kier alpha value is -0.315. The van der Waals surface area contributed by atoms with Gasteiger partial charge < -0.3 is 0 Å². The fourth-order valence-corrected chi connectivity index (χ4v) is 1.52. The van der Waals surface area contributed by atoms with Crippen LogP contribution >= 0.6 is 22.6 Å². The van der Waals surface area contributed by atoms with Crippen molar-refractivity contribution in [1.82, 2.24) is 0 Å². The van der Waals surface area contributed by atoms with Gasteiger partial charge >= 0.3 is 72.7 Å². The van der Waals surface area contributed by atoms with Gasteiger partial charge in [0.05, 0.1) is 0 Å². The first-order chi connectivity index (χ1) is 4.88. The molecule has 2 aromatic rings. The van der Waals surface area contributed by atoms with E-state index in [2.05, 4.69) is 28.7 Å². The van der Waals surface area contributed by atoms with Gasteiger partial charge in [-0.2, -0.15) is 0 Å². The standard InChI is InChI=1S/C7H4BIO/c9-7-5-3-1-2-4-6(5)10-8-7/h1-4H. The van der Waals surface area contributed by atoms with E-state index in [4.69, 9.17) is 4.33 Å². The minimum absolute atomic E-state index is 0.965. The molecule has 0 amide bonds. The molecule has 0 aliphatic carbocycles. The van der Waals surface area contributed by atoms with E-state index in [0.29, 0.717) is 0 Å². The second-order valence-electron chi connectivity index (χ2n) is 2.08. The summed E-state index contributed by atoms with van der Waals surface area (Å²) in [4.78, 5) is 0. The molecule has 0 aliphatic rings. The van der Waals surface area contributed by atoms with Crippen molar-refractivity contribution in [3.63, 3.8) is 0 Å². The summed E-state index contributed by atoms with van der Waals surface area (Å²) in [7, 11) is 1.77. The van der Waals surface area contributed by atoms with Crippen LogP contribution in [0.5, 0.6) is 0 Å². The fraction of sp³-hybridized carbons (Fsp3) is 0. The molecular weight excluding hydrogens is 238 g/mol. The molecule has 1 aromatic heterocycles. The molecule has 2 rings (SSSR count). The quantitative estimate of drug-likeness (QED) is 0.646. The van der Waals surface area contributed by atoms with Crippen molar-refractivity contribution < 1.29 is 4.33 Å². The first-order valence-electron chi connectivity index (χ1n) is 2.99. The van der Waals surface area contributed by atoms with Crippen LogP contribution in [0.2, 0.25) is 0 Å². The number of rotatable bonds is 0. The molecule has 1 heterocycles. The van der Waals surface area contributed by atoms with Crippen LogP contribution in [0, 0.1) is 3.47 Å². The molecule has 0 saturated heterocycles. The average molecular weight is 242 g/mol. The number of halogens is 1. The van der Waals surface area contributed by atoms with Crippen molar-refractivity contribution in [2.24, 2.45) is 0 Å². The summed E-state index contributed by atoms with van der Waals surface area (Å²) in [5.41, 5.74) is 0.965. The summed E-state index contributed by atoms with van der Waals surface area (Å²) >= 11 is 2.26. The molecule has 1 aromatic carbocycles. The fourth-order valence-electron chi connectivity index (χ4n) is 0.945. The SMILES string of the molecule is Ic1boc2ccccc12. The molecule has 0 fully saturated rings. The predicted octanol–water partition coefficient (Wildman–Crippen LogP) is 2.38. The zero-order valence-corrected chi connectivity index (χ0v) is 7.33. The molecule has 0 N–H and O–H groups in total. The minimum atomic E-state index is 0.965. The Morgan fingerprint density at radius 3 is 2.90 bits per heavy atom. The third-order valence-electron chi connectivity index (χ3n) is 1.43. The van der Waals surface area contributed by atoms with Crippen molar-refractivity contribution in [2.75, 3.05) is 0 Å². The first-order valence-corrected chi connectivity index (χ1v) is 4.07. The second-order valence-corrected chi connectivity index (χ2v) is 3.24. The van der Waals surface area contributed by atoms with Crippen LogP contribution in [0.4, 0.5) is 0 Å². The molecule has 0 aliphatic heterocycles. The van der Waals surface area contributed by atoms with Gasteiger partial charge in [0.2, 0.25) is 0 Å². The topological polar surface area (TPSA) is 13.1 Å². The van der Waals surface area contributed by atoms with Crippen LogP contribution in [0.15, 0.2) is 28.6 Å². The summed E-state index contributed by atoms with van der Waals surface area (Å²) in [6.45, 7) is 0. The third kappa shape index (κ3) is 0.886. The van der Waals surface area contributed by atoms with Gasteiger partial charge in [0.1, 0.15) is 0 Å². The molecule has 0 saturated carbocycles. The van der Waals surface area contributed by atoms with Crippen molar-refractivity contribution in [2.45, 2.75) is 0 Å². The molecule has 3 heteroatoms. The summed E-state index contributed by atoms with van der Waals surface area (Å²) in [6, 6.07) is 8.01. The number of hydrogen-bond acceptors (Lipinski definition) is 1. The molecule has 0 unspecified atom stereocenters. The van der Waals surface area contributed by atoms with E-state index in [1.807, 2.05) is 18.2 Å². The van der Waals surface area contributed by atoms with Gasteiger partial charge in [-0.1, -0.05) is 0 Å². The second kappa shape index (κ2) is 2.38. The van der Waals surface area contributed by atoms with Gasteiger partial charge in [-0.05, 0) is 0 Å². The molecule has 10 heavy (non-hydrogen) atoms. The van der Waals surface area contributed by atoms with Gasteiger partial charge in [-0.3, -0.25) is 0 Å². The summed E-state index contributed by atoms with van der Waals surface area (Å²) < 4.78 is 6.42. The van der Waals surface area contributed by atoms with Crippen LogP contribution in [0.25, 0.3) is 11.0 Å². The Bertz CT molecular complexity index is 355. The van der Waals surface area contributed by atoms with Crippen LogP contribution in [-0.2, 0) is 0 Å². The molecule has 0 spiro atoms. The van der Waals surface area contributed by atoms with Crippen LogP contribution in [0.3, 0.4) is 0 Å².